The Morgan fingerprint density at radius 2 is 2.00 bits per heavy atom. The number of hydrogen-bond donors (Lipinski definition) is 1. The Bertz CT molecular complexity index is 688. The van der Waals surface area contributed by atoms with Crippen molar-refractivity contribution in [1.29, 1.82) is 0 Å². The molecular formula is C16H14Cl2N2O. The first-order valence-electron chi connectivity index (χ1n) is 6.86. The molecule has 1 amide bonds. The highest BCUT2D eigenvalue weighted by Crippen LogP contribution is 2.30. The fourth-order valence-electron chi connectivity index (χ4n) is 2.71. The fraction of sp³-hybridized carbons (Fsp3) is 0.250. The molecule has 3 rings (SSSR count). The van der Waals surface area contributed by atoms with E-state index in [0.29, 0.717) is 5.02 Å². The molecule has 1 heterocycles. The van der Waals surface area contributed by atoms with Gasteiger partial charge < -0.3 is 5.32 Å². The highest BCUT2D eigenvalue weighted by atomic mass is 35.5. The van der Waals surface area contributed by atoms with Crippen LogP contribution in [0.5, 0.6) is 0 Å². The first-order valence-corrected chi connectivity index (χ1v) is 7.61. The zero-order chi connectivity index (χ0) is 14.8. The molecule has 21 heavy (non-hydrogen) atoms. The average molecular weight is 321 g/mol. The van der Waals surface area contributed by atoms with Gasteiger partial charge in [-0.2, -0.15) is 0 Å². The van der Waals surface area contributed by atoms with Gasteiger partial charge in [0.15, 0.2) is 0 Å². The van der Waals surface area contributed by atoms with Crippen molar-refractivity contribution in [1.82, 2.24) is 10.3 Å². The van der Waals surface area contributed by atoms with Gasteiger partial charge >= 0.3 is 0 Å². The van der Waals surface area contributed by atoms with Crippen molar-refractivity contribution in [2.24, 2.45) is 0 Å². The summed E-state index contributed by atoms with van der Waals surface area (Å²) in [5, 5.41) is 3.58. The van der Waals surface area contributed by atoms with Gasteiger partial charge in [0.05, 0.1) is 11.1 Å². The van der Waals surface area contributed by atoms with E-state index >= 15 is 0 Å². The second kappa shape index (κ2) is 6.04. The minimum Gasteiger partial charge on any atom is -0.344 e. The number of carbonyl (C=O) groups excluding carboxylic acids is 1. The quantitative estimate of drug-likeness (QED) is 0.843. The number of rotatable bonds is 2. The van der Waals surface area contributed by atoms with Crippen molar-refractivity contribution in [2.45, 2.75) is 25.3 Å². The van der Waals surface area contributed by atoms with Crippen LogP contribution in [-0.4, -0.2) is 10.9 Å². The van der Waals surface area contributed by atoms with Crippen molar-refractivity contribution in [3.8, 4) is 0 Å². The van der Waals surface area contributed by atoms with Crippen LogP contribution in [0.2, 0.25) is 10.2 Å². The van der Waals surface area contributed by atoms with Crippen LogP contribution in [0.1, 0.15) is 40.5 Å². The third-order valence-corrected chi connectivity index (χ3v) is 4.22. The summed E-state index contributed by atoms with van der Waals surface area (Å²) in [4.78, 5) is 16.4. The zero-order valence-corrected chi connectivity index (χ0v) is 12.8. The van der Waals surface area contributed by atoms with Crippen molar-refractivity contribution in [3.63, 3.8) is 0 Å². The molecule has 1 N–H and O–H groups in total. The summed E-state index contributed by atoms with van der Waals surface area (Å²) in [7, 11) is 0. The van der Waals surface area contributed by atoms with E-state index in [1.54, 1.807) is 12.1 Å². The number of hydrogen-bond acceptors (Lipinski definition) is 2. The third-order valence-electron chi connectivity index (χ3n) is 3.70. The molecule has 1 aromatic carbocycles. The monoisotopic (exact) mass is 320 g/mol. The minimum atomic E-state index is -0.288. The molecule has 1 aromatic heterocycles. The highest BCUT2D eigenvalue weighted by Gasteiger charge is 2.23. The van der Waals surface area contributed by atoms with Gasteiger partial charge in [-0.3, -0.25) is 4.79 Å². The largest absolute Gasteiger partial charge is 0.344 e. The fourth-order valence-corrected chi connectivity index (χ4v) is 3.05. The minimum absolute atomic E-state index is 0.000650. The van der Waals surface area contributed by atoms with Crippen LogP contribution in [0.15, 0.2) is 36.4 Å². The molecule has 108 valence electrons. The molecule has 0 saturated heterocycles. The number of halogens is 2. The maximum Gasteiger partial charge on any atom is 0.271 e. The Morgan fingerprint density at radius 3 is 2.86 bits per heavy atom. The van der Waals surface area contributed by atoms with Crippen LogP contribution >= 0.6 is 23.2 Å². The number of aryl methyl sites for hydroxylation is 1. The number of amides is 1. The van der Waals surface area contributed by atoms with Gasteiger partial charge in [0, 0.05) is 0 Å². The van der Waals surface area contributed by atoms with E-state index in [1.165, 1.54) is 11.1 Å². The van der Waals surface area contributed by atoms with E-state index in [-0.39, 0.29) is 22.8 Å². The number of aromatic nitrogens is 1. The highest BCUT2D eigenvalue weighted by molar-refractivity contribution is 6.34. The van der Waals surface area contributed by atoms with E-state index in [0.717, 1.165) is 19.3 Å². The molecule has 5 heteroatoms. The Labute approximate surface area is 133 Å². The lowest BCUT2D eigenvalue weighted by Crippen LogP contribution is -2.31. The number of nitrogens with one attached hydrogen (secondary N) is 1. The van der Waals surface area contributed by atoms with E-state index in [2.05, 4.69) is 22.4 Å². The van der Waals surface area contributed by atoms with Crippen molar-refractivity contribution < 1.29 is 4.79 Å². The van der Waals surface area contributed by atoms with Crippen molar-refractivity contribution in [3.05, 3.63) is 63.4 Å². The van der Waals surface area contributed by atoms with Crippen LogP contribution in [0.3, 0.4) is 0 Å². The molecule has 1 aliphatic rings. The van der Waals surface area contributed by atoms with E-state index < -0.39 is 0 Å². The summed E-state index contributed by atoms with van der Waals surface area (Å²) >= 11 is 11.9. The lowest BCUT2D eigenvalue weighted by atomic mass is 9.87. The van der Waals surface area contributed by atoms with Gasteiger partial charge in [0.25, 0.3) is 5.91 Å². The Balaban J connectivity index is 1.84. The summed E-state index contributed by atoms with van der Waals surface area (Å²) in [6.07, 6.45) is 3.03. The van der Waals surface area contributed by atoms with Crippen LogP contribution in [-0.2, 0) is 6.42 Å². The molecule has 0 spiro atoms. The Kier molecular flexibility index (Phi) is 4.13. The molecule has 0 aliphatic heterocycles. The number of carbonyl (C=O) groups is 1. The lowest BCUT2D eigenvalue weighted by Gasteiger charge is -2.26. The van der Waals surface area contributed by atoms with Crippen molar-refractivity contribution >= 4 is 29.1 Å². The van der Waals surface area contributed by atoms with E-state index in [1.807, 2.05) is 12.1 Å². The van der Waals surface area contributed by atoms with Gasteiger partial charge in [0.1, 0.15) is 10.8 Å². The number of fused-ring (bicyclic) bond motifs is 1. The number of pyridine rings is 1. The maximum atomic E-state index is 12.4. The summed E-state index contributed by atoms with van der Waals surface area (Å²) in [5.41, 5.74) is 2.64. The second-order valence-electron chi connectivity index (χ2n) is 5.08. The Hall–Kier alpha value is -1.58. The smallest absolute Gasteiger partial charge is 0.271 e. The normalized spacial score (nSPS) is 17.1. The molecule has 1 unspecified atom stereocenters. The number of benzene rings is 1. The topological polar surface area (TPSA) is 42.0 Å². The van der Waals surface area contributed by atoms with Crippen LogP contribution in [0, 0.1) is 0 Å². The molecule has 1 aliphatic carbocycles. The molecule has 0 saturated carbocycles. The second-order valence-corrected chi connectivity index (χ2v) is 5.88. The van der Waals surface area contributed by atoms with Gasteiger partial charge in [-0.05, 0) is 42.5 Å². The van der Waals surface area contributed by atoms with Gasteiger partial charge in [0.2, 0.25) is 0 Å². The molecule has 1 atom stereocenters. The zero-order valence-electron chi connectivity index (χ0n) is 11.3. The lowest BCUT2D eigenvalue weighted by molar-refractivity contribution is 0.0928. The van der Waals surface area contributed by atoms with Gasteiger partial charge in [-0.15, -0.1) is 0 Å². The first-order chi connectivity index (χ1) is 10.1. The van der Waals surface area contributed by atoms with Crippen molar-refractivity contribution in [2.75, 3.05) is 0 Å². The molecule has 0 fully saturated rings. The summed E-state index contributed by atoms with van der Waals surface area (Å²) in [5.74, 6) is -0.288. The predicted octanol–water partition coefficient (Wildman–Crippen LogP) is 4.20. The summed E-state index contributed by atoms with van der Waals surface area (Å²) in [6, 6.07) is 11.3. The van der Waals surface area contributed by atoms with E-state index in [9.17, 15) is 4.79 Å². The van der Waals surface area contributed by atoms with Gasteiger partial charge in [-0.25, -0.2) is 4.98 Å². The predicted molar refractivity (Wildman–Crippen MR) is 83.8 cm³/mol. The van der Waals surface area contributed by atoms with Crippen LogP contribution in [0.4, 0.5) is 0 Å². The first kappa shape index (κ1) is 14.4. The molecule has 2 aromatic rings. The van der Waals surface area contributed by atoms with E-state index in [4.69, 9.17) is 23.2 Å². The van der Waals surface area contributed by atoms with Crippen LogP contribution in [0.25, 0.3) is 0 Å². The van der Waals surface area contributed by atoms with Gasteiger partial charge in [-0.1, -0.05) is 47.5 Å². The standard InChI is InChI=1S/C16H14Cl2N2O/c17-12-8-9-14(18)20-15(12)16(21)19-13-7-3-5-10-4-1-2-6-11(10)13/h1-2,4,6,8-9,13H,3,5,7H2,(H,19,21). The Morgan fingerprint density at radius 1 is 1.19 bits per heavy atom. The molecule has 3 nitrogen and oxygen atoms in total. The molecular weight excluding hydrogens is 307 g/mol. The molecule has 0 bridgehead atoms. The average Bonchev–Trinajstić information content (AvgIpc) is 2.50. The van der Waals surface area contributed by atoms with Crippen LogP contribution < -0.4 is 5.32 Å². The summed E-state index contributed by atoms with van der Waals surface area (Å²) in [6.45, 7) is 0. The number of nitrogens with zero attached hydrogens (tertiary/aromatic N) is 1. The SMILES string of the molecule is O=C(NC1CCCc2ccccc21)c1nc(Cl)ccc1Cl. The third kappa shape index (κ3) is 3.04. The molecule has 0 radical (unpaired) electrons. The summed E-state index contributed by atoms with van der Waals surface area (Å²) < 4.78 is 0. The maximum absolute atomic E-state index is 12.4.